The first-order valence-electron chi connectivity index (χ1n) is 7.82. The smallest absolute Gasteiger partial charge is 0.191 e. The van der Waals surface area contributed by atoms with Gasteiger partial charge in [0.2, 0.25) is 0 Å². The monoisotopic (exact) mass is 328 g/mol. The Hall–Kier alpha value is -1.18. The Balaban J connectivity index is 2.26. The fourth-order valence-corrected chi connectivity index (χ4v) is 2.49. The second-order valence-corrected chi connectivity index (χ2v) is 5.85. The van der Waals surface area contributed by atoms with Crippen molar-refractivity contribution in [3.05, 3.63) is 16.1 Å². The van der Waals surface area contributed by atoms with E-state index in [1.807, 2.05) is 6.20 Å². The molecule has 0 spiro atoms. The number of guanidine groups is 1. The van der Waals surface area contributed by atoms with E-state index in [9.17, 15) is 0 Å². The number of aliphatic imine (C=N–C) groups is 1. The summed E-state index contributed by atoms with van der Waals surface area (Å²) in [7, 11) is 1.68. The van der Waals surface area contributed by atoms with Crippen molar-refractivity contribution in [1.82, 2.24) is 15.6 Å². The fraction of sp³-hybridized carbons (Fsp3) is 0.733. The zero-order chi connectivity index (χ0) is 16.0. The van der Waals surface area contributed by atoms with Crippen molar-refractivity contribution < 1.29 is 9.47 Å². The third kappa shape index (κ3) is 8.31. The SMILES string of the molecule is CCNC(=NCc1ncc(CC)s1)NCCCOCCOC. The summed E-state index contributed by atoms with van der Waals surface area (Å²) in [6.07, 6.45) is 3.90. The molecule has 126 valence electrons. The second kappa shape index (κ2) is 12.4. The Labute approximate surface area is 137 Å². The summed E-state index contributed by atoms with van der Waals surface area (Å²) in [4.78, 5) is 10.2. The van der Waals surface area contributed by atoms with Gasteiger partial charge in [-0.3, -0.25) is 0 Å². The number of aryl methyl sites for hydroxylation is 1. The van der Waals surface area contributed by atoms with Gasteiger partial charge in [-0.25, -0.2) is 9.98 Å². The molecule has 1 rings (SSSR count). The number of aromatic nitrogens is 1. The van der Waals surface area contributed by atoms with E-state index < -0.39 is 0 Å². The van der Waals surface area contributed by atoms with E-state index in [4.69, 9.17) is 9.47 Å². The summed E-state index contributed by atoms with van der Waals surface area (Å²) in [5.74, 6) is 0.827. The van der Waals surface area contributed by atoms with E-state index in [2.05, 4.69) is 34.5 Å². The van der Waals surface area contributed by atoms with Gasteiger partial charge >= 0.3 is 0 Å². The lowest BCUT2D eigenvalue weighted by atomic mass is 10.4. The molecular formula is C15H28N4O2S. The Morgan fingerprint density at radius 3 is 2.82 bits per heavy atom. The lowest BCUT2D eigenvalue weighted by Gasteiger charge is -2.11. The number of thiazole rings is 1. The van der Waals surface area contributed by atoms with Crippen molar-refractivity contribution in [2.24, 2.45) is 4.99 Å². The highest BCUT2D eigenvalue weighted by atomic mass is 32.1. The van der Waals surface area contributed by atoms with Crippen LogP contribution in [0, 0.1) is 0 Å². The van der Waals surface area contributed by atoms with Crippen molar-refractivity contribution in [1.29, 1.82) is 0 Å². The summed E-state index contributed by atoms with van der Waals surface area (Å²) in [6, 6.07) is 0. The maximum Gasteiger partial charge on any atom is 0.191 e. The van der Waals surface area contributed by atoms with Crippen molar-refractivity contribution in [3.8, 4) is 0 Å². The van der Waals surface area contributed by atoms with Gasteiger partial charge in [0.15, 0.2) is 5.96 Å². The molecule has 0 aliphatic heterocycles. The molecular weight excluding hydrogens is 300 g/mol. The first-order valence-corrected chi connectivity index (χ1v) is 8.64. The van der Waals surface area contributed by atoms with Gasteiger partial charge in [-0.05, 0) is 19.8 Å². The van der Waals surface area contributed by atoms with Gasteiger partial charge in [0.1, 0.15) is 5.01 Å². The van der Waals surface area contributed by atoms with Crippen LogP contribution in [0.15, 0.2) is 11.2 Å². The molecule has 1 heterocycles. The van der Waals surface area contributed by atoms with Crippen LogP contribution in [-0.2, 0) is 22.4 Å². The average Bonchev–Trinajstić information content (AvgIpc) is 2.99. The summed E-state index contributed by atoms with van der Waals surface area (Å²) < 4.78 is 10.4. The third-order valence-electron chi connectivity index (χ3n) is 2.86. The normalized spacial score (nSPS) is 11.7. The summed E-state index contributed by atoms with van der Waals surface area (Å²) in [6.45, 7) is 8.50. The Kier molecular flexibility index (Phi) is 10.6. The van der Waals surface area contributed by atoms with E-state index in [0.29, 0.717) is 19.8 Å². The standard InChI is InChI=1S/C15H28N4O2S/c1-4-13-11-18-14(22-13)12-19-15(16-5-2)17-7-6-8-21-10-9-20-3/h11H,4-10,12H2,1-3H3,(H2,16,17,19). The second-order valence-electron chi connectivity index (χ2n) is 4.65. The molecule has 0 saturated heterocycles. The lowest BCUT2D eigenvalue weighted by Crippen LogP contribution is -2.38. The molecule has 0 unspecified atom stereocenters. The van der Waals surface area contributed by atoms with Crippen molar-refractivity contribution in [2.45, 2.75) is 33.2 Å². The van der Waals surface area contributed by atoms with Crippen molar-refractivity contribution >= 4 is 17.3 Å². The van der Waals surface area contributed by atoms with Crippen LogP contribution in [0.2, 0.25) is 0 Å². The molecule has 7 heteroatoms. The van der Waals surface area contributed by atoms with E-state index in [1.54, 1.807) is 18.4 Å². The summed E-state index contributed by atoms with van der Waals surface area (Å²) in [5.41, 5.74) is 0. The van der Waals surface area contributed by atoms with Crippen LogP contribution in [0.5, 0.6) is 0 Å². The third-order valence-corrected chi connectivity index (χ3v) is 3.98. The van der Waals surface area contributed by atoms with Crippen LogP contribution in [0.3, 0.4) is 0 Å². The molecule has 0 aliphatic rings. The number of nitrogens with zero attached hydrogens (tertiary/aromatic N) is 2. The highest BCUT2D eigenvalue weighted by Gasteiger charge is 2.01. The molecule has 2 N–H and O–H groups in total. The fourth-order valence-electron chi connectivity index (χ4n) is 1.70. The number of ether oxygens (including phenoxy) is 2. The highest BCUT2D eigenvalue weighted by molar-refractivity contribution is 7.11. The largest absolute Gasteiger partial charge is 0.382 e. The van der Waals surface area contributed by atoms with Gasteiger partial charge < -0.3 is 20.1 Å². The minimum atomic E-state index is 0.615. The number of hydrogen-bond donors (Lipinski definition) is 2. The Bertz CT molecular complexity index is 423. The Morgan fingerprint density at radius 2 is 2.14 bits per heavy atom. The zero-order valence-electron chi connectivity index (χ0n) is 13.9. The molecule has 0 atom stereocenters. The molecule has 0 saturated carbocycles. The molecule has 0 fully saturated rings. The first kappa shape index (κ1) is 18.9. The van der Waals surface area contributed by atoms with E-state index in [-0.39, 0.29) is 0 Å². The Morgan fingerprint density at radius 1 is 1.27 bits per heavy atom. The molecule has 0 aliphatic carbocycles. The molecule has 0 aromatic carbocycles. The minimum absolute atomic E-state index is 0.615. The van der Waals surface area contributed by atoms with Crippen LogP contribution >= 0.6 is 11.3 Å². The molecule has 1 aromatic rings. The van der Waals surface area contributed by atoms with Crippen LogP contribution in [-0.4, -0.2) is 51.0 Å². The number of methoxy groups -OCH3 is 1. The van der Waals surface area contributed by atoms with Gasteiger partial charge in [0.25, 0.3) is 0 Å². The maximum absolute atomic E-state index is 5.43. The lowest BCUT2D eigenvalue weighted by molar-refractivity contribution is 0.0698. The van der Waals surface area contributed by atoms with Crippen LogP contribution in [0.4, 0.5) is 0 Å². The first-order chi connectivity index (χ1) is 10.8. The van der Waals surface area contributed by atoms with Crippen molar-refractivity contribution in [3.63, 3.8) is 0 Å². The van der Waals surface area contributed by atoms with E-state index in [1.165, 1.54) is 4.88 Å². The molecule has 22 heavy (non-hydrogen) atoms. The highest BCUT2D eigenvalue weighted by Crippen LogP contribution is 2.13. The predicted molar refractivity (Wildman–Crippen MR) is 91.6 cm³/mol. The van der Waals surface area contributed by atoms with Crippen LogP contribution < -0.4 is 10.6 Å². The summed E-state index contributed by atoms with van der Waals surface area (Å²) >= 11 is 1.73. The van der Waals surface area contributed by atoms with Gasteiger partial charge in [0, 0.05) is 37.9 Å². The topological polar surface area (TPSA) is 67.8 Å². The van der Waals surface area contributed by atoms with Gasteiger partial charge in [-0.2, -0.15) is 0 Å². The number of nitrogens with one attached hydrogen (secondary N) is 2. The zero-order valence-corrected chi connectivity index (χ0v) is 14.7. The number of rotatable bonds is 11. The van der Waals surface area contributed by atoms with Gasteiger partial charge in [-0.1, -0.05) is 6.92 Å². The number of hydrogen-bond acceptors (Lipinski definition) is 5. The van der Waals surface area contributed by atoms with Crippen LogP contribution in [0.1, 0.15) is 30.2 Å². The predicted octanol–water partition coefficient (Wildman–Crippen LogP) is 1.81. The quantitative estimate of drug-likeness (QED) is 0.368. The van der Waals surface area contributed by atoms with Crippen LogP contribution in [0.25, 0.3) is 0 Å². The molecule has 1 aromatic heterocycles. The van der Waals surface area contributed by atoms with E-state index in [0.717, 1.165) is 43.5 Å². The summed E-state index contributed by atoms with van der Waals surface area (Å²) in [5, 5.41) is 7.60. The minimum Gasteiger partial charge on any atom is -0.382 e. The van der Waals surface area contributed by atoms with Gasteiger partial charge in [0.05, 0.1) is 19.8 Å². The maximum atomic E-state index is 5.43. The molecule has 0 bridgehead atoms. The molecule has 6 nitrogen and oxygen atoms in total. The van der Waals surface area contributed by atoms with E-state index >= 15 is 0 Å². The van der Waals surface area contributed by atoms with Gasteiger partial charge in [-0.15, -0.1) is 11.3 Å². The van der Waals surface area contributed by atoms with Crippen molar-refractivity contribution in [2.75, 3.05) is 40.0 Å². The average molecular weight is 328 g/mol. The molecule has 0 amide bonds. The molecule has 0 radical (unpaired) electrons.